The van der Waals surface area contributed by atoms with Crippen molar-refractivity contribution in [2.45, 2.75) is 31.6 Å². The van der Waals surface area contributed by atoms with Crippen LogP contribution in [0.4, 0.5) is 5.13 Å². The van der Waals surface area contributed by atoms with E-state index in [1.165, 1.54) is 55.1 Å². The van der Waals surface area contributed by atoms with E-state index in [1.807, 2.05) is 0 Å². The molecular formula is C22H21ClN6O8S2. The number of nitrogens with two attached hydrogens (primary N) is 1. The Morgan fingerprint density at radius 3 is 2.74 bits per heavy atom. The van der Waals surface area contributed by atoms with E-state index >= 15 is 0 Å². The molecule has 14 nitrogen and oxygen atoms in total. The quantitative estimate of drug-likeness (QED) is 0.140. The van der Waals surface area contributed by atoms with Crippen LogP contribution in [0.25, 0.3) is 6.08 Å². The number of carbonyl (C=O) groups is 4. The van der Waals surface area contributed by atoms with Crippen molar-refractivity contribution in [1.82, 2.24) is 20.4 Å². The van der Waals surface area contributed by atoms with Crippen molar-refractivity contribution in [3.63, 3.8) is 0 Å². The number of halogens is 1. The molecule has 4 heterocycles. The van der Waals surface area contributed by atoms with Gasteiger partial charge in [0, 0.05) is 31.0 Å². The zero-order valence-electron chi connectivity index (χ0n) is 20.6. The van der Waals surface area contributed by atoms with E-state index in [0.29, 0.717) is 11.3 Å². The number of β-lactam (4-membered cyclic amide) rings is 1. The van der Waals surface area contributed by atoms with Crippen molar-refractivity contribution in [2.75, 3.05) is 18.6 Å². The number of thioether (sulfide) groups is 1. The summed E-state index contributed by atoms with van der Waals surface area (Å²) in [5, 5.41) is 11.2. The Hall–Kier alpha value is -3.89. The molecule has 1 unspecified atom stereocenters. The van der Waals surface area contributed by atoms with E-state index in [9.17, 15) is 19.2 Å². The molecule has 0 spiro atoms. The van der Waals surface area contributed by atoms with Gasteiger partial charge in [-0.1, -0.05) is 28.0 Å². The van der Waals surface area contributed by atoms with E-state index in [-0.39, 0.29) is 33.1 Å². The number of hydrogen-bond acceptors (Lipinski definition) is 14. The number of esters is 2. The van der Waals surface area contributed by atoms with Crippen molar-refractivity contribution in [3.05, 3.63) is 45.4 Å². The molecule has 0 saturated carbocycles. The number of carbonyl (C=O) groups excluding carboxylic acids is 4. The summed E-state index contributed by atoms with van der Waals surface area (Å²) in [5.74, 6) is -2.27. The number of nitrogen functional groups attached to an aromatic ring is 1. The number of aromatic nitrogens is 2. The van der Waals surface area contributed by atoms with Crippen LogP contribution in [0.3, 0.4) is 0 Å². The summed E-state index contributed by atoms with van der Waals surface area (Å²) >= 11 is 8.20. The number of nitrogens with zero attached hydrogens (tertiary/aromatic N) is 4. The van der Waals surface area contributed by atoms with Crippen molar-refractivity contribution in [3.8, 4) is 0 Å². The van der Waals surface area contributed by atoms with E-state index in [2.05, 4.69) is 20.6 Å². The van der Waals surface area contributed by atoms with Gasteiger partial charge in [0.25, 0.3) is 11.8 Å². The molecule has 4 rings (SSSR count). The first kappa shape index (κ1) is 28.1. The molecule has 0 radical (unpaired) electrons. The standard InChI is InChI=1S/C22H21ClN6O8S2/c1-9(30)35-10(2)36-21(33)17-11(4-5-12-6-14(23)27-37-12)7-38-20-16(19(32)29(17)20)26-18(31)15(28-34-3)13-8-39-22(24)25-13/h4-6,8,10,16,20H,7H2,1-3H3,(H2,24,25)(H,26,31)/b5-4-,28-15-/t10?,16-,20-/m1/s1. The summed E-state index contributed by atoms with van der Waals surface area (Å²) in [4.78, 5) is 60.7. The number of ether oxygens (including phenoxy) is 2. The first-order chi connectivity index (χ1) is 18.6. The van der Waals surface area contributed by atoms with Gasteiger partial charge in [-0.15, -0.1) is 23.1 Å². The number of allylic oxidation sites excluding steroid dienone is 1. The molecule has 0 bridgehead atoms. The van der Waals surface area contributed by atoms with Gasteiger partial charge in [-0.05, 0) is 11.6 Å². The summed E-state index contributed by atoms with van der Waals surface area (Å²) in [5.41, 5.74) is 6.01. The van der Waals surface area contributed by atoms with E-state index in [1.54, 1.807) is 6.08 Å². The molecule has 0 aliphatic carbocycles. The smallest absolute Gasteiger partial charge is 0.358 e. The van der Waals surface area contributed by atoms with Crippen molar-refractivity contribution in [2.24, 2.45) is 5.16 Å². The predicted molar refractivity (Wildman–Crippen MR) is 140 cm³/mol. The monoisotopic (exact) mass is 596 g/mol. The predicted octanol–water partition coefficient (Wildman–Crippen LogP) is 1.54. The molecular weight excluding hydrogens is 576 g/mol. The maximum Gasteiger partial charge on any atom is 0.358 e. The van der Waals surface area contributed by atoms with Crippen LogP contribution in [0.2, 0.25) is 5.15 Å². The Bertz CT molecular complexity index is 1400. The number of nitrogens with one attached hydrogen (secondary N) is 1. The van der Waals surface area contributed by atoms with Crippen molar-refractivity contribution in [1.29, 1.82) is 0 Å². The molecule has 206 valence electrons. The molecule has 3 atom stereocenters. The van der Waals surface area contributed by atoms with Crippen LogP contribution < -0.4 is 11.1 Å². The summed E-state index contributed by atoms with van der Waals surface area (Å²) in [6, 6.07) is 0.473. The van der Waals surface area contributed by atoms with Crippen LogP contribution in [0.5, 0.6) is 0 Å². The second-order valence-corrected chi connectivity index (χ2v) is 10.3. The van der Waals surface area contributed by atoms with Gasteiger partial charge in [-0.3, -0.25) is 19.3 Å². The van der Waals surface area contributed by atoms with E-state index < -0.39 is 41.5 Å². The molecule has 2 aromatic heterocycles. The Kier molecular flexibility index (Phi) is 8.57. The highest BCUT2D eigenvalue weighted by Gasteiger charge is 2.54. The first-order valence-corrected chi connectivity index (χ1v) is 13.4. The largest absolute Gasteiger partial charge is 0.426 e. The third-order valence-corrected chi connectivity index (χ3v) is 7.35. The molecule has 39 heavy (non-hydrogen) atoms. The van der Waals surface area contributed by atoms with Gasteiger partial charge in [-0.25, -0.2) is 9.78 Å². The van der Waals surface area contributed by atoms with Gasteiger partial charge < -0.3 is 29.9 Å². The second kappa shape index (κ2) is 11.9. The number of oxime groups is 1. The number of amides is 2. The normalized spacial score (nSPS) is 19.8. The van der Waals surface area contributed by atoms with Crippen LogP contribution in [-0.4, -0.2) is 75.1 Å². The molecule has 17 heteroatoms. The van der Waals surface area contributed by atoms with Gasteiger partial charge in [0.05, 0.1) is 0 Å². The highest BCUT2D eigenvalue weighted by molar-refractivity contribution is 8.00. The lowest BCUT2D eigenvalue weighted by Crippen LogP contribution is -2.71. The third-order valence-electron chi connectivity index (χ3n) is 5.19. The topological polar surface area (TPSA) is 189 Å². The molecule has 2 aliphatic heterocycles. The number of hydrogen-bond donors (Lipinski definition) is 2. The maximum atomic E-state index is 13.2. The lowest BCUT2D eigenvalue weighted by atomic mass is 10.0. The highest BCUT2D eigenvalue weighted by Crippen LogP contribution is 2.41. The zero-order valence-corrected chi connectivity index (χ0v) is 23.0. The van der Waals surface area contributed by atoms with Crippen LogP contribution >= 0.6 is 34.7 Å². The molecule has 3 N–H and O–H groups in total. The van der Waals surface area contributed by atoms with Gasteiger partial charge in [0.15, 0.2) is 21.8 Å². The zero-order chi connectivity index (χ0) is 28.3. The maximum absolute atomic E-state index is 13.2. The molecule has 1 fully saturated rings. The summed E-state index contributed by atoms with van der Waals surface area (Å²) in [6.45, 7) is 2.53. The first-order valence-electron chi connectivity index (χ1n) is 11.1. The lowest BCUT2D eigenvalue weighted by Gasteiger charge is -2.49. The van der Waals surface area contributed by atoms with Gasteiger partial charge in [-0.2, -0.15) is 0 Å². The minimum absolute atomic E-state index is 0.0758. The summed E-state index contributed by atoms with van der Waals surface area (Å²) in [7, 11) is 1.26. The number of fused-ring (bicyclic) bond motifs is 1. The average Bonchev–Trinajstić information content (AvgIpc) is 3.50. The van der Waals surface area contributed by atoms with Gasteiger partial charge >= 0.3 is 11.9 Å². The molecule has 2 aliphatic rings. The third kappa shape index (κ3) is 6.23. The Labute approximate surface area is 234 Å². The molecule has 2 aromatic rings. The second-order valence-electron chi connectivity index (χ2n) is 7.90. The Balaban J connectivity index is 1.58. The highest BCUT2D eigenvalue weighted by atomic mass is 35.5. The molecule has 0 aromatic carbocycles. The molecule has 1 saturated heterocycles. The van der Waals surface area contributed by atoms with Crippen LogP contribution in [0, 0.1) is 0 Å². The fraction of sp³-hybridized carbons (Fsp3) is 0.318. The van der Waals surface area contributed by atoms with Crippen LogP contribution in [0.1, 0.15) is 25.3 Å². The van der Waals surface area contributed by atoms with Crippen LogP contribution in [0.15, 0.2) is 38.5 Å². The summed E-state index contributed by atoms with van der Waals surface area (Å²) < 4.78 is 15.2. The van der Waals surface area contributed by atoms with E-state index in [4.69, 9.17) is 36.2 Å². The number of rotatable bonds is 9. The Morgan fingerprint density at radius 2 is 2.13 bits per heavy atom. The minimum atomic E-state index is -1.21. The average molecular weight is 597 g/mol. The van der Waals surface area contributed by atoms with E-state index in [0.717, 1.165) is 11.3 Å². The minimum Gasteiger partial charge on any atom is -0.426 e. The van der Waals surface area contributed by atoms with Gasteiger partial charge in [0.2, 0.25) is 6.29 Å². The van der Waals surface area contributed by atoms with Crippen LogP contribution in [-0.2, 0) is 33.5 Å². The van der Waals surface area contributed by atoms with Gasteiger partial charge in [0.1, 0.15) is 29.9 Å². The Morgan fingerprint density at radius 1 is 1.36 bits per heavy atom. The summed E-state index contributed by atoms with van der Waals surface area (Å²) in [6.07, 6.45) is 1.87. The van der Waals surface area contributed by atoms with Crippen molar-refractivity contribution < 1.29 is 38.0 Å². The molecule has 2 amide bonds. The number of thiazole rings is 1. The fourth-order valence-electron chi connectivity index (χ4n) is 3.65. The fourth-order valence-corrected chi connectivity index (χ4v) is 5.66. The lowest BCUT2D eigenvalue weighted by molar-refractivity contribution is -0.182. The van der Waals surface area contributed by atoms with Crippen molar-refractivity contribution >= 4 is 75.4 Å². The number of anilines is 1. The SMILES string of the molecule is CO/N=C(\C(=O)N[C@@H]1C(=O)N2C(C(=O)OC(C)OC(C)=O)=C(/C=C\c3cc(Cl)no3)CS[C@H]12)c1csc(N)n1.